The molecule has 0 aliphatic heterocycles. The molecule has 4 aromatic rings. The van der Waals surface area contributed by atoms with Gasteiger partial charge in [0.2, 0.25) is 0 Å². The average Bonchev–Trinajstić information content (AvgIpc) is 3.30. The second kappa shape index (κ2) is 9.19. The molecule has 0 unspecified atom stereocenters. The van der Waals surface area contributed by atoms with Gasteiger partial charge in [-0.3, -0.25) is 0 Å². The van der Waals surface area contributed by atoms with E-state index in [1.807, 2.05) is 49.5 Å². The van der Waals surface area contributed by atoms with Gasteiger partial charge in [-0.2, -0.15) is 5.10 Å². The van der Waals surface area contributed by atoms with Crippen molar-refractivity contribution in [2.24, 2.45) is 0 Å². The van der Waals surface area contributed by atoms with Gasteiger partial charge in [-0.15, -0.1) is 0 Å². The minimum atomic E-state index is -0.277. The van der Waals surface area contributed by atoms with E-state index in [-0.39, 0.29) is 6.03 Å². The summed E-state index contributed by atoms with van der Waals surface area (Å²) in [5.74, 6) is 0.725. The van der Waals surface area contributed by atoms with E-state index in [0.29, 0.717) is 11.7 Å². The van der Waals surface area contributed by atoms with Crippen LogP contribution in [0.25, 0.3) is 5.82 Å². The summed E-state index contributed by atoms with van der Waals surface area (Å²) in [6.45, 7) is 2.32. The van der Waals surface area contributed by atoms with Gasteiger partial charge in [-0.1, -0.05) is 6.07 Å². The summed E-state index contributed by atoms with van der Waals surface area (Å²) in [6, 6.07) is 12.9. The lowest BCUT2D eigenvalue weighted by Crippen LogP contribution is -2.28. The number of aryl methyl sites for hydroxylation is 1. The highest BCUT2D eigenvalue weighted by Gasteiger charge is 2.07. The number of anilines is 1. The van der Waals surface area contributed by atoms with Crippen LogP contribution >= 0.6 is 11.8 Å². The molecule has 0 radical (unpaired) electrons. The molecule has 3 heterocycles. The van der Waals surface area contributed by atoms with E-state index in [4.69, 9.17) is 0 Å². The molecule has 0 aliphatic rings. The maximum absolute atomic E-state index is 12.3. The van der Waals surface area contributed by atoms with Crippen molar-refractivity contribution < 1.29 is 4.79 Å². The van der Waals surface area contributed by atoms with Gasteiger partial charge in [0.1, 0.15) is 0 Å². The Morgan fingerprint density at radius 3 is 2.63 bits per heavy atom. The highest BCUT2D eigenvalue weighted by molar-refractivity contribution is 7.99. The van der Waals surface area contributed by atoms with E-state index in [2.05, 4.69) is 30.7 Å². The Morgan fingerprint density at radius 2 is 1.93 bits per heavy atom. The van der Waals surface area contributed by atoms with Crippen molar-refractivity contribution in [1.82, 2.24) is 30.0 Å². The minimum Gasteiger partial charge on any atom is -0.334 e. The van der Waals surface area contributed by atoms with Crippen molar-refractivity contribution in [3.8, 4) is 5.82 Å². The number of nitrogens with zero attached hydrogens (tertiary/aromatic N) is 5. The minimum absolute atomic E-state index is 0.277. The van der Waals surface area contributed by atoms with Crippen LogP contribution in [0.4, 0.5) is 10.5 Å². The van der Waals surface area contributed by atoms with Crippen LogP contribution in [0.5, 0.6) is 0 Å². The van der Waals surface area contributed by atoms with Crippen LogP contribution in [0.1, 0.15) is 11.1 Å². The van der Waals surface area contributed by atoms with Crippen molar-refractivity contribution in [2.75, 3.05) is 5.32 Å². The van der Waals surface area contributed by atoms with Crippen molar-refractivity contribution in [3.63, 3.8) is 0 Å². The molecule has 1 aromatic carbocycles. The molecule has 0 aliphatic carbocycles. The summed E-state index contributed by atoms with van der Waals surface area (Å²) >= 11 is 1.47. The summed E-state index contributed by atoms with van der Waals surface area (Å²) in [5.41, 5.74) is 2.60. The van der Waals surface area contributed by atoms with Crippen LogP contribution in [-0.2, 0) is 6.54 Å². The number of nitrogens with one attached hydrogen (secondary N) is 2. The first-order valence-corrected chi connectivity index (χ1v) is 10.0. The van der Waals surface area contributed by atoms with Gasteiger partial charge in [0.15, 0.2) is 11.0 Å². The maximum Gasteiger partial charge on any atom is 0.319 e. The fraction of sp³-hybridized carbons (Fsp3) is 0.0952. The van der Waals surface area contributed by atoms with E-state index in [9.17, 15) is 4.79 Å². The summed E-state index contributed by atoms with van der Waals surface area (Å²) < 4.78 is 1.68. The smallest absolute Gasteiger partial charge is 0.319 e. The van der Waals surface area contributed by atoms with Gasteiger partial charge in [0, 0.05) is 48.1 Å². The number of amides is 2. The number of benzene rings is 1. The summed E-state index contributed by atoms with van der Waals surface area (Å²) in [6.07, 6.45) is 8.67. The molecule has 0 saturated carbocycles. The van der Waals surface area contributed by atoms with Crippen molar-refractivity contribution in [2.45, 2.75) is 23.5 Å². The Morgan fingerprint density at radius 1 is 1.07 bits per heavy atom. The third-order valence-corrected chi connectivity index (χ3v) is 5.08. The van der Waals surface area contributed by atoms with E-state index in [1.165, 1.54) is 11.8 Å². The maximum atomic E-state index is 12.3. The van der Waals surface area contributed by atoms with Gasteiger partial charge in [0.25, 0.3) is 0 Å². The molecule has 0 spiro atoms. The Labute approximate surface area is 177 Å². The Kier molecular flexibility index (Phi) is 6.00. The summed E-state index contributed by atoms with van der Waals surface area (Å²) in [7, 11) is 0. The lowest BCUT2D eigenvalue weighted by atomic mass is 10.2. The van der Waals surface area contributed by atoms with Crippen molar-refractivity contribution in [3.05, 3.63) is 84.6 Å². The molecule has 8 nitrogen and oxygen atoms in total. The van der Waals surface area contributed by atoms with Crippen LogP contribution < -0.4 is 10.6 Å². The van der Waals surface area contributed by atoms with Crippen LogP contribution in [-0.4, -0.2) is 30.8 Å². The normalized spacial score (nSPS) is 10.6. The number of hydrogen-bond acceptors (Lipinski definition) is 6. The Hall–Kier alpha value is -3.72. The molecule has 0 fully saturated rings. The van der Waals surface area contributed by atoms with Gasteiger partial charge >= 0.3 is 6.03 Å². The van der Waals surface area contributed by atoms with Crippen LogP contribution in [0.15, 0.2) is 83.5 Å². The number of pyridine rings is 1. The third kappa shape index (κ3) is 5.00. The zero-order chi connectivity index (χ0) is 20.8. The second-order valence-corrected chi connectivity index (χ2v) is 7.43. The zero-order valence-electron chi connectivity index (χ0n) is 16.2. The predicted octanol–water partition coefficient (Wildman–Crippen LogP) is 3.84. The van der Waals surface area contributed by atoms with Gasteiger partial charge < -0.3 is 10.6 Å². The Balaban J connectivity index is 1.31. The molecule has 150 valence electrons. The quantitative estimate of drug-likeness (QED) is 0.463. The highest BCUT2D eigenvalue weighted by Crippen LogP contribution is 2.27. The summed E-state index contributed by atoms with van der Waals surface area (Å²) in [5, 5.41) is 10.5. The zero-order valence-corrected chi connectivity index (χ0v) is 17.0. The molecule has 0 saturated heterocycles. The number of aromatic nitrogens is 5. The van der Waals surface area contributed by atoms with Gasteiger partial charge in [-0.05, 0) is 66.2 Å². The van der Waals surface area contributed by atoms with E-state index in [0.717, 1.165) is 27.5 Å². The average molecular weight is 417 g/mol. The molecular weight excluding hydrogens is 398 g/mol. The molecule has 0 atom stereocenters. The molecule has 4 rings (SSSR count). The molecular formula is C21H19N7OS. The van der Waals surface area contributed by atoms with Crippen molar-refractivity contribution in [1.29, 1.82) is 0 Å². The molecule has 3 aromatic heterocycles. The van der Waals surface area contributed by atoms with Crippen LogP contribution in [0.3, 0.4) is 0 Å². The lowest BCUT2D eigenvalue weighted by molar-refractivity contribution is 0.251. The SMILES string of the molecule is Cc1cc(Sc2ncccn2)ccc1NC(=O)NCc1ccc(-n2cccn2)nc1. The Bertz CT molecular complexity index is 1120. The first-order valence-electron chi connectivity index (χ1n) is 9.23. The lowest BCUT2D eigenvalue weighted by Gasteiger charge is -2.11. The fourth-order valence-corrected chi connectivity index (χ4v) is 3.50. The third-order valence-electron chi connectivity index (χ3n) is 4.20. The molecule has 30 heavy (non-hydrogen) atoms. The largest absolute Gasteiger partial charge is 0.334 e. The monoisotopic (exact) mass is 417 g/mol. The first kappa shape index (κ1) is 19.6. The number of carbonyl (C=O) groups is 1. The number of rotatable bonds is 6. The van der Waals surface area contributed by atoms with E-state index < -0.39 is 0 Å². The standard InChI is InChI=1S/C21H19N7OS/c1-15-12-17(30-21-22-8-2-9-23-21)5-6-18(15)27-20(29)25-14-16-4-7-19(24-13-16)28-11-3-10-26-28/h2-13H,14H2,1H3,(H2,25,27,29). The molecule has 2 N–H and O–H groups in total. The van der Waals surface area contributed by atoms with Gasteiger partial charge in [0.05, 0.1) is 0 Å². The predicted molar refractivity (Wildman–Crippen MR) is 115 cm³/mol. The van der Waals surface area contributed by atoms with Crippen molar-refractivity contribution >= 4 is 23.5 Å². The summed E-state index contributed by atoms with van der Waals surface area (Å²) in [4.78, 5) is 26.1. The molecule has 9 heteroatoms. The molecule has 2 amide bonds. The van der Waals surface area contributed by atoms with Crippen LogP contribution in [0.2, 0.25) is 0 Å². The first-order chi connectivity index (χ1) is 14.7. The number of hydrogen-bond donors (Lipinski definition) is 2. The number of carbonyl (C=O) groups excluding carboxylic acids is 1. The van der Waals surface area contributed by atoms with Gasteiger partial charge in [-0.25, -0.2) is 24.4 Å². The second-order valence-electron chi connectivity index (χ2n) is 6.39. The number of urea groups is 1. The highest BCUT2D eigenvalue weighted by atomic mass is 32.2. The van der Waals surface area contributed by atoms with E-state index in [1.54, 1.807) is 35.5 Å². The van der Waals surface area contributed by atoms with Crippen LogP contribution in [0, 0.1) is 6.92 Å². The topological polar surface area (TPSA) is 97.6 Å². The van der Waals surface area contributed by atoms with E-state index >= 15 is 0 Å². The molecule has 0 bridgehead atoms. The fourth-order valence-electron chi connectivity index (χ4n) is 2.69.